The lowest BCUT2D eigenvalue weighted by Crippen LogP contribution is -2.60. The molecule has 0 spiro atoms. The summed E-state index contributed by atoms with van der Waals surface area (Å²) in [5.41, 5.74) is 0.784. The zero-order valence-corrected chi connectivity index (χ0v) is 27.2. The molecule has 46 heavy (non-hydrogen) atoms. The maximum Gasteiger partial charge on any atom is 0.351 e. The Morgan fingerprint density at radius 3 is 2.13 bits per heavy atom. The molecule has 0 aromatic heterocycles. The van der Waals surface area contributed by atoms with Gasteiger partial charge in [0.2, 0.25) is 5.60 Å². The Morgan fingerprint density at radius 2 is 1.54 bits per heavy atom. The van der Waals surface area contributed by atoms with Crippen LogP contribution in [0.25, 0.3) is 0 Å². The topological polar surface area (TPSA) is 59.1 Å². The number of piperazine rings is 1. The number of piperidine rings is 1. The first kappa shape index (κ1) is 31.1. The van der Waals surface area contributed by atoms with Gasteiger partial charge < -0.3 is 9.47 Å². The van der Waals surface area contributed by atoms with Gasteiger partial charge in [-0.1, -0.05) is 86.6 Å². The molecule has 242 valence electrons. The maximum atomic E-state index is 13.9. The summed E-state index contributed by atoms with van der Waals surface area (Å²) in [6.45, 7) is 9.45. The van der Waals surface area contributed by atoms with Crippen LogP contribution in [0.4, 0.5) is 4.39 Å². The van der Waals surface area contributed by atoms with Crippen LogP contribution in [0.5, 0.6) is 0 Å². The van der Waals surface area contributed by atoms with E-state index in [1.165, 1.54) is 23.3 Å². The molecule has 0 amide bonds. The molecule has 6 atom stereocenters. The minimum atomic E-state index is -1.30. The number of carbonyl (C=O) groups is 2. The van der Waals surface area contributed by atoms with Crippen molar-refractivity contribution in [2.75, 3.05) is 26.2 Å². The third-order valence-electron chi connectivity index (χ3n) is 12.2. The highest BCUT2D eigenvalue weighted by atomic mass is 19.1. The standard InChI is InChI=1S/C39H45FN2O4/c1-37(2)38(3)21-22-39(37,46-35(38)43)36(44)45-33(27-14-16-30(40)17-15-27)20-23-41-24-25-42-26-31(41)18-19-32(42)34(28-10-6-4-7-11-28)29-12-8-5-9-13-29/h4-17,31-34H,18-26H2,1-3H3/t31-,32-,33?,38?,39?/m0/s1. The molecule has 0 N–H and O–H groups in total. The van der Waals surface area contributed by atoms with Crippen molar-refractivity contribution in [2.24, 2.45) is 10.8 Å². The van der Waals surface area contributed by atoms with Gasteiger partial charge in [0.25, 0.3) is 0 Å². The van der Waals surface area contributed by atoms with Gasteiger partial charge >= 0.3 is 11.9 Å². The molecule has 3 aliphatic heterocycles. The van der Waals surface area contributed by atoms with Gasteiger partial charge in [-0.3, -0.25) is 14.6 Å². The van der Waals surface area contributed by atoms with E-state index in [9.17, 15) is 14.0 Å². The quantitative estimate of drug-likeness (QED) is 0.242. The van der Waals surface area contributed by atoms with E-state index < -0.39 is 28.5 Å². The Hall–Kier alpha value is -3.55. The van der Waals surface area contributed by atoms with E-state index in [1.807, 2.05) is 20.8 Å². The Morgan fingerprint density at radius 1 is 0.891 bits per heavy atom. The van der Waals surface area contributed by atoms with Gasteiger partial charge in [-0.2, -0.15) is 0 Å². The number of halogens is 1. The fraction of sp³-hybridized carbons (Fsp3) is 0.487. The van der Waals surface area contributed by atoms with Crippen LogP contribution < -0.4 is 0 Å². The number of fused-ring (bicyclic) bond motifs is 4. The lowest BCUT2D eigenvalue weighted by Gasteiger charge is -2.51. The van der Waals surface area contributed by atoms with Crippen molar-refractivity contribution in [3.05, 3.63) is 107 Å². The van der Waals surface area contributed by atoms with E-state index in [1.54, 1.807) is 12.1 Å². The lowest BCUT2D eigenvalue weighted by molar-refractivity contribution is -0.188. The largest absolute Gasteiger partial charge is 0.454 e. The minimum Gasteiger partial charge on any atom is -0.454 e. The van der Waals surface area contributed by atoms with Gasteiger partial charge in [-0.05, 0) is 61.4 Å². The third kappa shape index (κ3) is 5.07. The maximum absolute atomic E-state index is 13.9. The molecule has 3 saturated heterocycles. The summed E-state index contributed by atoms with van der Waals surface area (Å²) in [5.74, 6) is -0.821. The fourth-order valence-corrected chi connectivity index (χ4v) is 8.85. The first-order valence-corrected chi connectivity index (χ1v) is 16.9. The Kier molecular flexibility index (Phi) is 8.05. The second-order valence-corrected chi connectivity index (χ2v) is 14.5. The van der Waals surface area contributed by atoms with Crippen LogP contribution in [-0.4, -0.2) is 65.6 Å². The third-order valence-corrected chi connectivity index (χ3v) is 12.2. The average molecular weight is 625 g/mol. The molecule has 6 nitrogen and oxygen atoms in total. The molecule has 3 aromatic rings. The van der Waals surface area contributed by atoms with Crippen molar-refractivity contribution in [3.63, 3.8) is 0 Å². The summed E-state index contributed by atoms with van der Waals surface area (Å²) in [5, 5.41) is 0. The molecule has 4 unspecified atom stereocenters. The first-order valence-electron chi connectivity index (χ1n) is 16.9. The highest BCUT2D eigenvalue weighted by molar-refractivity contribution is 5.93. The summed E-state index contributed by atoms with van der Waals surface area (Å²) in [6, 6.07) is 28.9. The number of esters is 2. The van der Waals surface area contributed by atoms with E-state index in [-0.39, 0.29) is 11.8 Å². The van der Waals surface area contributed by atoms with Crippen LogP contribution >= 0.6 is 0 Å². The summed E-state index contributed by atoms with van der Waals surface area (Å²) in [7, 11) is 0. The van der Waals surface area contributed by atoms with Crippen molar-refractivity contribution >= 4 is 11.9 Å². The zero-order valence-electron chi connectivity index (χ0n) is 27.2. The van der Waals surface area contributed by atoms with Gasteiger partial charge in [0.15, 0.2) is 0 Å². The molecule has 7 rings (SSSR count). The van der Waals surface area contributed by atoms with Crippen LogP contribution in [0.2, 0.25) is 0 Å². The minimum absolute atomic E-state index is 0.322. The van der Waals surface area contributed by atoms with E-state index in [2.05, 4.69) is 70.5 Å². The van der Waals surface area contributed by atoms with Crippen LogP contribution in [0.3, 0.4) is 0 Å². The molecule has 3 aromatic carbocycles. The molecular weight excluding hydrogens is 579 g/mol. The van der Waals surface area contributed by atoms with Crippen molar-refractivity contribution < 1.29 is 23.5 Å². The fourth-order valence-electron chi connectivity index (χ4n) is 8.85. The van der Waals surface area contributed by atoms with Gasteiger partial charge in [0, 0.05) is 56.0 Å². The van der Waals surface area contributed by atoms with Crippen LogP contribution in [0, 0.1) is 16.6 Å². The number of hydrogen-bond donors (Lipinski definition) is 0. The van der Waals surface area contributed by atoms with Crippen molar-refractivity contribution in [2.45, 2.75) is 82.6 Å². The molecule has 4 aliphatic rings. The second kappa shape index (κ2) is 11.9. The average Bonchev–Trinajstić information content (AvgIpc) is 3.37. The number of ether oxygens (including phenoxy) is 2. The Balaban J connectivity index is 1.06. The lowest BCUT2D eigenvalue weighted by atomic mass is 9.66. The normalized spacial score (nSPS) is 30.6. The molecule has 0 radical (unpaired) electrons. The Labute approximate surface area is 271 Å². The second-order valence-electron chi connectivity index (χ2n) is 14.5. The summed E-state index contributed by atoms with van der Waals surface area (Å²) in [6.07, 6.45) is 3.26. The molecule has 4 bridgehead atoms. The van der Waals surface area contributed by atoms with E-state index >= 15 is 0 Å². The summed E-state index contributed by atoms with van der Waals surface area (Å²) < 4.78 is 26.0. The monoisotopic (exact) mass is 624 g/mol. The highest BCUT2D eigenvalue weighted by Crippen LogP contribution is 2.66. The summed E-state index contributed by atoms with van der Waals surface area (Å²) in [4.78, 5) is 32.0. The van der Waals surface area contributed by atoms with Crippen LogP contribution in [0.1, 0.15) is 81.6 Å². The van der Waals surface area contributed by atoms with E-state index in [0.717, 1.165) is 44.6 Å². The van der Waals surface area contributed by atoms with Crippen LogP contribution in [-0.2, 0) is 19.1 Å². The number of benzene rings is 3. The predicted molar refractivity (Wildman–Crippen MR) is 174 cm³/mol. The number of nitrogens with zero attached hydrogens (tertiary/aromatic N) is 2. The van der Waals surface area contributed by atoms with Crippen molar-refractivity contribution in [3.8, 4) is 0 Å². The molecule has 3 heterocycles. The Bertz CT molecular complexity index is 1520. The smallest absolute Gasteiger partial charge is 0.351 e. The van der Waals surface area contributed by atoms with Gasteiger partial charge in [-0.25, -0.2) is 9.18 Å². The van der Waals surface area contributed by atoms with E-state index in [4.69, 9.17) is 9.47 Å². The first-order chi connectivity index (χ1) is 22.1. The van der Waals surface area contributed by atoms with E-state index in [0.29, 0.717) is 37.3 Å². The molecular formula is C39H45FN2O4. The summed E-state index contributed by atoms with van der Waals surface area (Å²) >= 11 is 0. The van der Waals surface area contributed by atoms with Gasteiger partial charge in [-0.15, -0.1) is 0 Å². The molecule has 1 saturated carbocycles. The predicted octanol–water partition coefficient (Wildman–Crippen LogP) is 6.90. The van der Waals surface area contributed by atoms with Crippen LogP contribution in [0.15, 0.2) is 84.9 Å². The molecule has 4 fully saturated rings. The highest BCUT2D eigenvalue weighted by Gasteiger charge is 2.76. The number of hydrogen-bond acceptors (Lipinski definition) is 6. The van der Waals surface area contributed by atoms with Crippen molar-refractivity contribution in [1.82, 2.24) is 9.80 Å². The number of rotatable bonds is 9. The SMILES string of the molecule is CC12CCC(C(=O)OC(CCN3CCN4C[C@@H]3CC[C@H]4C(c3ccccc3)c3ccccc3)c3ccc(F)cc3)(OC1=O)C2(C)C. The molecule has 7 heteroatoms. The van der Waals surface area contributed by atoms with Crippen molar-refractivity contribution in [1.29, 1.82) is 0 Å². The van der Waals surface area contributed by atoms with Gasteiger partial charge in [0.1, 0.15) is 11.9 Å². The van der Waals surface area contributed by atoms with Gasteiger partial charge in [0.05, 0.1) is 5.41 Å². The zero-order chi connectivity index (χ0) is 32.1. The molecule has 1 aliphatic carbocycles. The number of carbonyl (C=O) groups excluding carboxylic acids is 2.